The van der Waals surface area contributed by atoms with Crippen molar-refractivity contribution in [3.8, 4) is 0 Å². The van der Waals surface area contributed by atoms with Crippen LogP contribution in [0.3, 0.4) is 0 Å². The van der Waals surface area contributed by atoms with E-state index < -0.39 is 11.6 Å². The summed E-state index contributed by atoms with van der Waals surface area (Å²) in [5.74, 6) is 0.996. The van der Waals surface area contributed by atoms with Gasteiger partial charge in [-0.15, -0.1) is 0 Å². The first-order chi connectivity index (χ1) is 13.9. The van der Waals surface area contributed by atoms with Crippen LogP contribution in [0.4, 0.5) is 8.78 Å². The van der Waals surface area contributed by atoms with E-state index in [0.717, 1.165) is 29.7 Å². The fraction of sp³-hybridized carbons (Fsp3) is 0.478. The molecule has 1 amide bonds. The predicted molar refractivity (Wildman–Crippen MR) is 104 cm³/mol. The maximum atomic E-state index is 13.9. The molecule has 0 spiro atoms. The number of aryl methyl sites for hydroxylation is 1. The van der Waals surface area contributed by atoms with Crippen molar-refractivity contribution in [1.82, 2.24) is 4.90 Å². The molecule has 2 atom stereocenters. The fourth-order valence-corrected chi connectivity index (χ4v) is 4.13. The standard InChI is InChI=1S/C23H25F2NO3/c1-14-12-18(14)21-6-3-17(29-21)4-7-22(27)26-10-8-15(9-11-26)23(28)19-13-16(24)2-5-20(19)25/h2-3,5-6,13-15,18H,4,7-12H2,1H3/t14-,18+/m0/s1. The molecular weight excluding hydrogens is 376 g/mol. The van der Waals surface area contributed by atoms with Gasteiger partial charge in [0.15, 0.2) is 5.78 Å². The van der Waals surface area contributed by atoms with E-state index in [9.17, 15) is 18.4 Å². The molecule has 4 rings (SSSR count). The lowest BCUT2D eigenvalue weighted by Crippen LogP contribution is -2.40. The SMILES string of the molecule is C[C@H]1C[C@H]1c1ccc(CCC(=O)N2CCC(C(=O)c3cc(F)ccc3F)CC2)o1. The number of carbonyl (C=O) groups is 2. The van der Waals surface area contributed by atoms with Crippen LogP contribution in [0.25, 0.3) is 0 Å². The number of Topliss-reactive ketones (excluding diaryl/α,β-unsaturated/α-hetero) is 1. The Hall–Kier alpha value is -2.50. The summed E-state index contributed by atoms with van der Waals surface area (Å²) in [5.41, 5.74) is -0.201. The average Bonchev–Trinajstić information content (AvgIpc) is 3.27. The van der Waals surface area contributed by atoms with E-state index in [1.54, 1.807) is 4.90 Å². The first-order valence-corrected chi connectivity index (χ1v) is 10.3. The highest BCUT2D eigenvalue weighted by atomic mass is 19.1. The van der Waals surface area contributed by atoms with Gasteiger partial charge in [-0.2, -0.15) is 0 Å². The molecule has 154 valence electrons. The maximum absolute atomic E-state index is 13.9. The topological polar surface area (TPSA) is 50.5 Å². The molecule has 0 N–H and O–H groups in total. The molecule has 1 aromatic carbocycles. The van der Waals surface area contributed by atoms with E-state index in [0.29, 0.717) is 50.6 Å². The van der Waals surface area contributed by atoms with Crippen molar-refractivity contribution in [3.05, 3.63) is 59.1 Å². The second kappa shape index (κ2) is 8.09. The van der Waals surface area contributed by atoms with Gasteiger partial charge in [-0.3, -0.25) is 9.59 Å². The second-order valence-electron chi connectivity index (χ2n) is 8.27. The van der Waals surface area contributed by atoms with Crippen molar-refractivity contribution in [3.63, 3.8) is 0 Å². The molecule has 0 bridgehead atoms. The fourth-order valence-electron chi connectivity index (χ4n) is 4.13. The minimum atomic E-state index is -0.701. The van der Waals surface area contributed by atoms with Gasteiger partial charge in [0.05, 0.1) is 5.56 Å². The van der Waals surface area contributed by atoms with E-state index in [-0.39, 0.29) is 23.2 Å². The summed E-state index contributed by atoms with van der Waals surface area (Å²) in [6.45, 7) is 3.11. The second-order valence-corrected chi connectivity index (χ2v) is 8.27. The van der Waals surface area contributed by atoms with Gasteiger partial charge in [-0.1, -0.05) is 6.92 Å². The summed E-state index contributed by atoms with van der Waals surface area (Å²) in [6.07, 6.45) is 3.02. The van der Waals surface area contributed by atoms with Crippen LogP contribution in [0, 0.1) is 23.5 Å². The zero-order valence-electron chi connectivity index (χ0n) is 16.5. The van der Waals surface area contributed by atoms with Gasteiger partial charge >= 0.3 is 0 Å². The van der Waals surface area contributed by atoms with Gasteiger partial charge < -0.3 is 9.32 Å². The Bertz CT molecular complexity index is 915. The van der Waals surface area contributed by atoms with E-state index >= 15 is 0 Å². The molecule has 1 aliphatic heterocycles. The summed E-state index contributed by atoms with van der Waals surface area (Å²) < 4.78 is 33.1. The minimum absolute atomic E-state index is 0.0329. The van der Waals surface area contributed by atoms with Crippen molar-refractivity contribution in [2.45, 2.75) is 44.9 Å². The Kier molecular flexibility index (Phi) is 5.52. The van der Waals surface area contributed by atoms with Gasteiger partial charge in [0.2, 0.25) is 5.91 Å². The number of amides is 1. The number of furan rings is 1. The number of hydrogen-bond donors (Lipinski definition) is 0. The zero-order chi connectivity index (χ0) is 20.5. The number of benzene rings is 1. The first kappa shape index (κ1) is 19.8. The van der Waals surface area contributed by atoms with Gasteiger partial charge in [0.1, 0.15) is 23.2 Å². The molecule has 0 radical (unpaired) electrons. The molecular formula is C23H25F2NO3. The Morgan fingerprint density at radius 2 is 1.86 bits per heavy atom. The lowest BCUT2D eigenvalue weighted by molar-refractivity contribution is -0.132. The van der Waals surface area contributed by atoms with E-state index in [1.165, 1.54) is 6.42 Å². The van der Waals surface area contributed by atoms with Crippen LogP contribution in [-0.2, 0) is 11.2 Å². The molecule has 1 saturated carbocycles. The molecule has 2 heterocycles. The summed E-state index contributed by atoms with van der Waals surface area (Å²) in [7, 11) is 0. The van der Waals surface area contributed by atoms with Crippen LogP contribution in [0.2, 0.25) is 0 Å². The van der Waals surface area contributed by atoms with Crippen molar-refractivity contribution in [2.24, 2.45) is 11.8 Å². The first-order valence-electron chi connectivity index (χ1n) is 10.3. The lowest BCUT2D eigenvalue weighted by Gasteiger charge is -2.31. The van der Waals surface area contributed by atoms with Gasteiger partial charge in [-0.05, 0) is 55.5 Å². The molecule has 1 aliphatic carbocycles. The zero-order valence-corrected chi connectivity index (χ0v) is 16.5. The Morgan fingerprint density at radius 1 is 1.14 bits per heavy atom. The largest absolute Gasteiger partial charge is 0.466 e. The minimum Gasteiger partial charge on any atom is -0.466 e. The number of halogens is 2. The molecule has 2 aromatic rings. The number of piperidine rings is 1. The highest BCUT2D eigenvalue weighted by molar-refractivity contribution is 5.98. The van der Waals surface area contributed by atoms with Crippen molar-refractivity contribution in [1.29, 1.82) is 0 Å². The number of ketones is 1. The van der Waals surface area contributed by atoms with E-state index in [4.69, 9.17) is 4.42 Å². The molecule has 1 saturated heterocycles. The summed E-state index contributed by atoms with van der Waals surface area (Å²) in [5, 5.41) is 0. The van der Waals surface area contributed by atoms with Gasteiger partial charge in [-0.25, -0.2) is 8.78 Å². The highest BCUT2D eigenvalue weighted by Gasteiger charge is 2.36. The monoisotopic (exact) mass is 401 g/mol. The number of carbonyl (C=O) groups excluding carboxylic acids is 2. The van der Waals surface area contributed by atoms with Crippen molar-refractivity contribution < 1.29 is 22.8 Å². The average molecular weight is 401 g/mol. The van der Waals surface area contributed by atoms with Crippen LogP contribution in [-0.4, -0.2) is 29.7 Å². The van der Waals surface area contributed by atoms with Crippen molar-refractivity contribution >= 4 is 11.7 Å². The number of nitrogens with zero attached hydrogens (tertiary/aromatic N) is 1. The number of likely N-dealkylation sites (tertiary alicyclic amines) is 1. The molecule has 29 heavy (non-hydrogen) atoms. The van der Waals surface area contributed by atoms with Crippen LogP contribution >= 0.6 is 0 Å². The van der Waals surface area contributed by atoms with E-state index in [2.05, 4.69) is 6.92 Å². The predicted octanol–water partition coefficient (Wildman–Crippen LogP) is 4.74. The summed E-state index contributed by atoms with van der Waals surface area (Å²) in [6, 6.07) is 6.89. The van der Waals surface area contributed by atoms with Gasteiger partial charge in [0, 0.05) is 37.8 Å². The van der Waals surface area contributed by atoms with Gasteiger partial charge in [0.25, 0.3) is 0 Å². The molecule has 6 heteroatoms. The third kappa shape index (κ3) is 4.41. The number of rotatable bonds is 6. The summed E-state index contributed by atoms with van der Waals surface area (Å²) in [4.78, 5) is 26.8. The Labute approximate surface area is 168 Å². The van der Waals surface area contributed by atoms with Crippen LogP contribution in [0.5, 0.6) is 0 Å². The Balaban J connectivity index is 1.26. The maximum Gasteiger partial charge on any atom is 0.223 e. The molecule has 4 nitrogen and oxygen atoms in total. The third-order valence-electron chi connectivity index (χ3n) is 6.15. The Morgan fingerprint density at radius 3 is 2.55 bits per heavy atom. The van der Waals surface area contributed by atoms with Crippen LogP contribution in [0.15, 0.2) is 34.7 Å². The third-order valence-corrected chi connectivity index (χ3v) is 6.15. The quantitative estimate of drug-likeness (QED) is 0.657. The van der Waals surface area contributed by atoms with E-state index in [1.807, 2.05) is 12.1 Å². The smallest absolute Gasteiger partial charge is 0.223 e. The molecule has 0 unspecified atom stereocenters. The number of hydrogen-bond acceptors (Lipinski definition) is 3. The summed E-state index contributed by atoms with van der Waals surface area (Å²) >= 11 is 0. The normalized spacial score (nSPS) is 22.0. The molecule has 1 aromatic heterocycles. The highest BCUT2D eigenvalue weighted by Crippen LogP contribution is 2.47. The van der Waals surface area contributed by atoms with Crippen LogP contribution in [0.1, 0.15) is 60.4 Å². The van der Waals surface area contributed by atoms with Crippen LogP contribution < -0.4 is 0 Å². The molecule has 2 fully saturated rings. The lowest BCUT2D eigenvalue weighted by atomic mass is 9.88. The molecule has 2 aliphatic rings. The van der Waals surface area contributed by atoms with Crippen molar-refractivity contribution in [2.75, 3.05) is 13.1 Å².